The Morgan fingerprint density at radius 3 is 2.00 bits per heavy atom. The van der Waals surface area contributed by atoms with Gasteiger partial charge < -0.3 is 20.1 Å². The molecule has 2 amide bonds. The minimum absolute atomic E-state index is 0.0245. The second-order valence-electron chi connectivity index (χ2n) is 8.77. The van der Waals surface area contributed by atoms with Gasteiger partial charge in [0.2, 0.25) is 5.91 Å². The Morgan fingerprint density at radius 1 is 0.829 bits per heavy atom. The van der Waals surface area contributed by atoms with Crippen LogP contribution in [-0.2, 0) is 20.9 Å². The van der Waals surface area contributed by atoms with E-state index in [1.165, 1.54) is 0 Å². The van der Waals surface area contributed by atoms with Crippen LogP contribution in [0.2, 0.25) is 0 Å². The molecular weight excluding hydrogens is 444 g/mol. The molecule has 0 aliphatic carbocycles. The van der Waals surface area contributed by atoms with Gasteiger partial charge in [-0.2, -0.15) is 10.2 Å². The number of rotatable bonds is 9. The molecular formula is C27H30N4O4. The molecule has 3 aromatic carbocycles. The number of ether oxygens (including phenoxy) is 2. The molecule has 2 N–H and O–H groups in total. The molecule has 8 nitrogen and oxygen atoms in total. The average Bonchev–Trinajstić information content (AvgIpc) is 2.83. The molecule has 0 aliphatic rings. The van der Waals surface area contributed by atoms with Crippen molar-refractivity contribution in [3.8, 4) is 0 Å². The van der Waals surface area contributed by atoms with Crippen molar-refractivity contribution in [3.63, 3.8) is 0 Å². The predicted octanol–water partition coefficient (Wildman–Crippen LogP) is 6.15. The van der Waals surface area contributed by atoms with E-state index in [0.29, 0.717) is 18.0 Å². The van der Waals surface area contributed by atoms with Gasteiger partial charge in [0.15, 0.2) is 0 Å². The number of benzene rings is 3. The molecule has 0 aliphatic heterocycles. The third kappa shape index (κ3) is 9.38. The van der Waals surface area contributed by atoms with Crippen LogP contribution < -0.4 is 10.6 Å². The highest BCUT2D eigenvalue weighted by Crippen LogP contribution is 2.20. The summed E-state index contributed by atoms with van der Waals surface area (Å²) >= 11 is 0. The van der Waals surface area contributed by atoms with Crippen LogP contribution in [0.15, 0.2) is 95.2 Å². The highest BCUT2D eigenvalue weighted by molar-refractivity contribution is 5.96. The van der Waals surface area contributed by atoms with Gasteiger partial charge >= 0.3 is 6.09 Å². The average molecular weight is 475 g/mol. The lowest BCUT2D eigenvalue weighted by atomic mass is 10.2. The summed E-state index contributed by atoms with van der Waals surface area (Å²) in [6.45, 7) is 5.55. The number of carbonyl (C=O) groups excluding carboxylic acids is 2. The van der Waals surface area contributed by atoms with Gasteiger partial charge in [0, 0.05) is 5.69 Å². The van der Waals surface area contributed by atoms with Crippen LogP contribution in [0, 0.1) is 0 Å². The van der Waals surface area contributed by atoms with Crippen LogP contribution in [-0.4, -0.2) is 30.3 Å². The molecule has 0 aromatic heterocycles. The smallest absolute Gasteiger partial charge is 0.408 e. The van der Waals surface area contributed by atoms with E-state index in [9.17, 15) is 9.59 Å². The molecule has 0 unspecified atom stereocenters. The molecule has 8 heteroatoms. The zero-order valence-electron chi connectivity index (χ0n) is 20.1. The fraction of sp³-hybridized carbons (Fsp3) is 0.259. The summed E-state index contributed by atoms with van der Waals surface area (Å²) in [5.74, 6) is -0.428. The van der Waals surface area contributed by atoms with Crippen molar-refractivity contribution in [2.24, 2.45) is 10.2 Å². The number of anilines is 1. The molecule has 35 heavy (non-hydrogen) atoms. The Morgan fingerprint density at radius 2 is 1.40 bits per heavy atom. The molecule has 0 radical (unpaired) electrons. The van der Waals surface area contributed by atoms with E-state index in [0.717, 1.165) is 11.3 Å². The highest BCUT2D eigenvalue weighted by Gasteiger charge is 2.25. The van der Waals surface area contributed by atoms with Crippen LogP contribution in [0.4, 0.5) is 21.9 Å². The van der Waals surface area contributed by atoms with E-state index in [1.54, 1.807) is 45.0 Å². The van der Waals surface area contributed by atoms with E-state index in [4.69, 9.17) is 9.47 Å². The van der Waals surface area contributed by atoms with E-state index in [-0.39, 0.29) is 6.61 Å². The Hall–Kier alpha value is -4.04. The lowest BCUT2D eigenvalue weighted by Crippen LogP contribution is -2.48. The van der Waals surface area contributed by atoms with Crippen LogP contribution in [0.5, 0.6) is 0 Å². The summed E-state index contributed by atoms with van der Waals surface area (Å²) in [7, 11) is 0. The summed E-state index contributed by atoms with van der Waals surface area (Å²) in [5, 5.41) is 13.8. The minimum Gasteiger partial charge on any atom is -0.444 e. The zero-order valence-corrected chi connectivity index (χ0v) is 20.1. The molecule has 0 heterocycles. The molecule has 0 bridgehead atoms. The molecule has 0 fully saturated rings. The monoisotopic (exact) mass is 474 g/mol. The topological polar surface area (TPSA) is 101 Å². The first-order chi connectivity index (χ1) is 16.8. The van der Waals surface area contributed by atoms with Gasteiger partial charge in [0.25, 0.3) is 0 Å². The van der Waals surface area contributed by atoms with Crippen molar-refractivity contribution in [1.82, 2.24) is 5.32 Å². The first kappa shape index (κ1) is 25.6. The Kier molecular flexibility index (Phi) is 9.09. The van der Waals surface area contributed by atoms with Crippen LogP contribution in [0.3, 0.4) is 0 Å². The normalized spacial score (nSPS) is 12.2. The van der Waals surface area contributed by atoms with Crippen molar-refractivity contribution in [1.29, 1.82) is 0 Å². The maximum absolute atomic E-state index is 12.9. The number of alkyl carbamates (subject to hydrolysis) is 1. The van der Waals surface area contributed by atoms with Crippen molar-refractivity contribution >= 4 is 29.1 Å². The maximum atomic E-state index is 12.9. The molecule has 0 saturated carbocycles. The zero-order chi connectivity index (χ0) is 25.1. The SMILES string of the molecule is CC(C)(C)OC(=O)N[C@H](COCc1ccccc1)C(=O)Nc1ccc(N=Nc2ccccc2)cc1. The van der Waals surface area contributed by atoms with Gasteiger partial charge in [-0.3, -0.25) is 4.79 Å². The van der Waals surface area contributed by atoms with Gasteiger partial charge in [-0.05, 0) is 62.7 Å². The molecule has 0 saturated heterocycles. The van der Waals surface area contributed by atoms with Gasteiger partial charge in [-0.25, -0.2) is 4.79 Å². The number of hydrogen-bond donors (Lipinski definition) is 2. The standard InChI is InChI=1S/C27H30N4O4/c1-27(2,3)35-26(33)29-24(19-34-18-20-10-6-4-7-11-20)25(32)28-21-14-16-23(17-15-21)31-30-22-12-8-5-9-13-22/h4-17,24H,18-19H2,1-3H3,(H,28,32)(H,29,33)/t24-/m1/s1. The molecule has 182 valence electrons. The quantitative estimate of drug-likeness (QED) is 0.363. The van der Waals surface area contributed by atoms with Crippen molar-refractivity contribution in [2.75, 3.05) is 11.9 Å². The first-order valence-corrected chi connectivity index (χ1v) is 11.3. The predicted molar refractivity (Wildman–Crippen MR) is 135 cm³/mol. The molecule has 3 aromatic rings. The second-order valence-corrected chi connectivity index (χ2v) is 8.77. The van der Waals surface area contributed by atoms with Crippen LogP contribution >= 0.6 is 0 Å². The van der Waals surface area contributed by atoms with Gasteiger partial charge in [-0.15, -0.1) is 0 Å². The second kappa shape index (κ2) is 12.4. The highest BCUT2D eigenvalue weighted by atomic mass is 16.6. The van der Waals surface area contributed by atoms with Crippen molar-refractivity contribution in [2.45, 2.75) is 39.0 Å². The van der Waals surface area contributed by atoms with Crippen molar-refractivity contribution in [3.05, 3.63) is 90.5 Å². The maximum Gasteiger partial charge on any atom is 0.408 e. The lowest BCUT2D eigenvalue weighted by Gasteiger charge is -2.23. The Bertz CT molecular complexity index is 1110. The van der Waals surface area contributed by atoms with Gasteiger partial charge in [0.1, 0.15) is 11.6 Å². The molecule has 0 spiro atoms. The number of carbonyl (C=O) groups is 2. The Balaban J connectivity index is 1.61. The third-order valence-corrected chi connectivity index (χ3v) is 4.58. The lowest BCUT2D eigenvalue weighted by molar-refractivity contribution is -0.119. The number of amides is 2. The molecule has 1 atom stereocenters. The summed E-state index contributed by atoms with van der Waals surface area (Å²) in [6.07, 6.45) is -0.697. The van der Waals surface area contributed by atoms with E-state index >= 15 is 0 Å². The number of nitrogens with zero attached hydrogens (tertiary/aromatic N) is 2. The summed E-state index contributed by atoms with van der Waals surface area (Å²) in [6, 6.07) is 24.9. The van der Waals surface area contributed by atoms with Gasteiger partial charge in [-0.1, -0.05) is 48.5 Å². The first-order valence-electron chi connectivity index (χ1n) is 11.3. The number of hydrogen-bond acceptors (Lipinski definition) is 6. The Labute approximate surface area is 205 Å². The van der Waals surface area contributed by atoms with E-state index in [2.05, 4.69) is 20.9 Å². The fourth-order valence-electron chi connectivity index (χ4n) is 2.95. The minimum atomic E-state index is -0.953. The van der Waals surface area contributed by atoms with Crippen LogP contribution in [0.1, 0.15) is 26.3 Å². The summed E-state index contributed by atoms with van der Waals surface area (Å²) < 4.78 is 11.0. The van der Waals surface area contributed by atoms with Crippen molar-refractivity contribution < 1.29 is 19.1 Å². The van der Waals surface area contributed by atoms with Gasteiger partial charge in [0.05, 0.1) is 24.6 Å². The third-order valence-electron chi connectivity index (χ3n) is 4.58. The summed E-state index contributed by atoms with van der Waals surface area (Å²) in [5.41, 5.74) is 2.20. The van der Waals surface area contributed by atoms with E-state index in [1.807, 2.05) is 60.7 Å². The number of nitrogens with one attached hydrogen (secondary N) is 2. The summed E-state index contributed by atoms with van der Waals surface area (Å²) in [4.78, 5) is 25.2. The molecule has 3 rings (SSSR count). The number of azo groups is 1. The largest absolute Gasteiger partial charge is 0.444 e. The fourth-order valence-corrected chi connectivity index (χ4v) is 2.95. The van der Waals surface area contributed by atoms with Crippen LogP contribution in [0.25, 0.3) is 0 Å². The van der Waals surface area contributed by atoms with E-state index < -0.39 is 23.6 Å².